The number of aromatic nitrogens is 4. The highest BCUT2D eigenvalue weighted by atomic mass is 19.4. The Morgan fingerprint density at radius 1 is 0.487 bits per heavy atom. The Labute approximate surface area is 431 Å². The molecular formula is C54H52F6N10O6. The standard InChI is InChI=1S/2C27H26F3N5O3/c2*28-27(29,30)26(36,19-32-12-14-33(15-13-32)25-8-4-5-11-31-25)23-18-34(17-20-6-2-1-3-7-20)24-16-21(35(37)38)9-10-22(23)24/h2*1-11,16,18,36H,12-15,17,19H2. The molecule has 2 saturated heterocycles. The first-order chi connectivity index (χ1) is 36.3. The first kappa shape index (κ1) is 52.9. The Kier molecular flexibility index (Phi) is 15.1. The predicted octanol–water partition coefficient (Wildman–Crippen LogP) is 9.13. The van der Waals surface area contributed by atoms with Crippen LogP contribution in [-0.4, -0.2) is 127 Å². The van der Waals surface area contributed by atoms with Crippen molar-refractivity contribution in [3.8, 4) is 0 Å². The lowest BCUT2D eigenvalue weighted by Gasteiger charge is -2.40. The highest BCUT2D eigenvalue weighted by molar-refractivity contribution is 5.88. The number of non-ortho nitro benzene ring substituents is 2. The number of rotatable bonds is 14. The summed E-state index contributed by atoms with van der Waals surface area (Å²) in [5, 5.41) is 45.8. The molecule has 396 valence electrons. The number of piperazine rings is 2. The van der Waals surface area contributed by atoms with Crippen LogP contribution in [0.4, 0.5) is 49.4 Å². The normalized spacial score (nSPS) is 16.5. The molecular weight excluding hydrogens is 999 g/mol. The van der Waals surface area contributed by atoms with Crippen LogP contribution >= 0.6 is 0 Å². The second-order valence-corrected chi connectivity index (χ2v) is 18.8. The van der Waals surface area contributed by atoms with Gasteiger partial charge in [0, 0.05) is 149 Å². The van der Waals surface area contributed by atoms with Crippen molar-refractivity contribution in [3.63, 3.8) is 0 Å². The molecule has 0 spiro atoms. The average Bonchev–Trinajstić information content (AvgIpc) is 4.00. The zero-order valence-corrected chi connectivity index (χ0v) is 40.8. The Hall–Kier alpha value is -7.92. The summed E-state index contributed by atoms with van der Waals surface area (Å²) in [7, 11) is 0. The maximum Gasteiger partial charge on any atom is 0.422 e. The molecule has 0 aliphatic carbocycles. The van der Waals surface area contributed by atoms with Crippen LogP contribution in [0.1, 0.15) is 22.3 Å². The Morgan fingerprint density at radius 3 is 1.16 bits per heavy atom. The molecule has 76 heavy (non-hydrogen) atoms. The lowest BCUT2D eigenvalue weighted by Crippen LogP contribution is -2.55. The minimum absolute atomic E-state index is 0.124. The van der Waals surface area contributed by atoms with Gasteiger partial charge in [-0.25, -0.2) is 9.97 Å². The van der Waals surface area contributed by atoms with Crippen LogP contribution in [0, 0.1) is 20.2 Å². The van der Waals surface area contributed by atoms with E-state index in [0.717, 1.165) is 22.8 Å². The third-order valence-electron chi connectivity index (χ3n) is 14.0. The van der Waals surface area contributed by atoms with Gasteiger partial charge in [-0.1, -0.05) is 72.8 Å². The minimum atomic E-state index is -4.99. The molecule has 2 aliphatic rings. The van der Waals surface area contributed by atoms with Gasteiger partial charge in [0.25, 0.3) is 11.4 Å². The third-order valence-corrected chi connectivity index (χ3v) is 14.0. The molecule has 2 atom stereocenters. The monoisotopic (exact) mass is 1050 g/mol. The van der Waals surface area contributed by atoms with E-state index in [-0.39, 0.29) is 57.4 Å². The number of nitro groups is 2. The topological polar surface area (TPSA) is 175 Å². The van der Waals surface area contributed by atoms with E-state index >= 15 is 0 Å². The van der Waals surface area contributed by atoms with Crippen molar-refractivity contribution in [3.05, 3.63) is 201 Å². The first-order valence-corrected chi connectivity index (χ1v) is 24.3. The van der Waals surface area contributed by atoms with Crippen molar-refractivity contribution >= 4 is 44.8 Å². The molecule has 16 nitrogen and oxygen atoms in total. The second-order valence-electron chi connectivity index (χ2n) is 18.8. The summed E-state index contributed by atoms with van der Waals surface area (Å²) in [5.74, 6) is 1.51. The van der Waals surface area contributed by atoms with E-state index in [1.54, 1.807) is 58.6 Å². The number of pyridine rings is 2. The predicted molar refractivity (Wildman–Crippen MR) is 274 cm³/mol. The molecule has 0 bridgehead atoms. The van der Waals surface area contributed by atoms with Gasteiger partial charge in [-0.05, 0) is 47.5 Å². The van der Waals surface area contributed by atoms with Gasteiger partial charge in [-0.2, -0.15) is 26.3 Å². The fourth-order valence-corrected chi connectivity index (χ4v) is 9.92. The fourth-order valence-electron chi connectivity index (χ4n) is 9.92. The number of aliphatic hydroxyl groups is 2. The first-order valence-electron chi connectivity index (χ1n) is 24.3. The van der Waals surface area contributed by atoms with Gasteiger partial charge in [0.05, 0.1) is 20.9 Å². The second kappa shape index (κ2) is 21.7. The Morgan fingerprint density at radius 2 is 0.842 bits per heavy atom. The average molecular weight is 1050 g/mol. The molecule has 2 aliphatic heterocycles. The van der Waals surface area contributed by atoms with Crippen molar-refractivity contribution in [2.75, 3.05) is 75.2 Å². The molecule has 2 fully saturated rings. The van der Waals surface area contributed by atoms with E-state index in [0.29, 0.717) is 52.4 Å². The molecule has 2 unspecified atom stereocenters. The van der Waals surface area contributed by atoms with Crippen LogP contribution in [0.5, 0.6) is 0 Å². The number of nitro benzene ring substituents is 2. The molecule has 8 aromatic rings. The zero-order chi connectivity index (χ0) is 53.8. The van der Waals surface area contributed by atoms with Gasteiger partial charge in [0.2, 0.25) is 11.2 Å². The number of hydrogen-bond donors (Lipinski definition) is 2. The Bertz CT molecular complexity index is 3060. The van der Waals surface area contributed by atoms with Gasteiger partial charge < -0.3 is 29.1 Å². The van der Waals surface area contributed by atoms with E-state index in [9.17, 15) is 56.8 Å². The van der Waals surface area contributed by atoms with Gasteiger partial charge >= 0.3 is 12.4 Å². The van der Waals surface area contributed by atoms with E-state index in [1.165, 1.54) is 57.9 Å². The summed E-state index contributed by atoms with van der Waals surface area (Å²) in [5.41, 5.74) is -5.37. The van der Waals surface area contributed by atoms with Crippen LogP contribution in [0.3, 0.4) is 0 Å². The van der Waals surface area contributed by atoms with Crippen molar-refractivity contribution in [2.45, 2.75) is 36.6 Å². The number of anilines is 2. The molecule has 0 amide bonds. The molecule has 22 heteroatoms. The van der Waals surface area contributed by atoms with Crippen LogP contribution in [0.2, 0.25) is 0 Å². The summed E-state index contributed by atoms with van der Waals surface area (Å²) in [4.78, 5) is 37.5. The number of alkyl halides is 6. The SMILES string of the molecule is O=[N+]([O-])c1ccc2c(C(O)(CN3CCN(c4ccccn4)CC3)C(F)(F)F)cn(Cc3ccccc3)c2c1.O=[N+]([O-])c1ccc2c(C(O)(CN3CCN(c4ccccn4)CC3)C(F)(F)F)cn(Cc3ccccc3)c2c1. The molecule has 6 heterocycles. The lowest BCUT2D eigenvalue weighted by molar-refractivity contribution is -0.384. The van der Waals surface area contributed by atoms with Crippen LogP contribution < -0.4 is 9.80 Å². The van der Waals surface area contributed by atoms with E-state index in [4.69, 9.17) is 0 Å². The molecule has 4 aromatic heterocycles. The largest absolute Gasteiger partial charge is 0.422 e. The maximum atomic E-state index is 14.6. The minimum Gasteiger partial charge on any atom is -0.375 e. The van der Waals surface area contributed by atoms with Gasteiger partial charge in [-0.3, -0.25) is 30.0 Å². The molecule has 0 saturated carbocycles. The van der Waals surface area contributed by atoms with Gasteiger partial charge in [0.1, 0.15) is 11.6 Å². The van der Waals surface area contributed by atoms with Gasteiger partial charge in [0.15, 0.2) is 0 Å². The van der Waals surface area contributed by atoms with E-state index in [2.05, 4.69) is 9.97 Å². The molecule has 2 N–H and O–H groups in total. The summed E-state index contributed by atoms with van der Waals surface area (Å²) in [6.45, 7) is 2.16. The smallest absolute Gasteiger partial charge is 0.375 e. The highest BCUT2D eigenvalue weighted by Gasteiger charge is 2.58. The van der Waals surface area contributed by atoms with Crippen molar-refractivity contribution in [1.29, 1.82) is 0 Å². The van der Waals surface area contributed by atoms with Crippen molar-refractivity contribution in [2.24, 2.45) is 0 Å². The van der Waals surface area contributed by atoms with Crippen molar-refractivity contribution < 1.29 is 46.4 Å². The van der Waals surface area contributed by atoms with E-state index in [1.807, 2.05) is 70.5 Å². The van der Waals surface area contributed by atoms with Crippen molar-refractivity contribution in [1.82, 2.24) is 28.9 Å². The molecule has 10 rings (SSSR count). The molecule has 4 aromatic carbocycles. The molecule has 0 radical (unpaired) electrons. The van der Waals surface area contributed by atoms with Crippen LogP contribution in [0.15, 0.2) is 158 Å². The number of fused-ring (bicyclic) bond motifs is 2. The number of hydrogen-bond acceptors (Lipinski definition) is 12. The van der Waals surface area contributed by atoms with E-state index < -0.39 is 46.5 Å². The number of halogens is 6. The summed E-state index contributed by atoms with van der Waals surface area (Å²) < 4.78 is 90.9. The number of nitrogens with zero attached hydrogens (tertiary/aromatic N) is 10. The van der Waals surface area contributed by atoms with Gasteiger partial charge in [-0.15, -0.1) is 0 Å². The fraction of sp³-hybridized carbons (Fsp3) is 0.296. The number of benzene rings is 4. The van der Waals surface area contributed by atoms with Crippen LogP contribution in [0.25, 0.3) is 21.8 Å². The highest BCUT2D eigenvalue weighted by Crippen LogP contribution is 2.46. The summed E-state index contributed by atoms with van der Waals surface area (Å²) in [6.07, 6.45) is -4.09. The number of β-amino-alcohol motifs (C(OH)–C–C–N with tert-alkyl or cyclic N) is 2. The Balaban J connectivity index is 0.000000186. The quantitative estimate of drug-likeness (QED) is 0.0601. The van der Waals surface area contributed by atoms with Crippen LogP contribution in [-0.2, 0) is 24.3 Å². The third kappa shape index (κ3) is 11.2. The maximum absolute atomic E-state index is 14.6. The summed E-state index contributed by atoms with van der Waals surface area (Å²) >= 11 is 0. The summed E-state index contributed by atoms with van der Waals surface area (Å²) in [6, 6.07) is 36.6. The zero-order valence-electron chi connectivity index (χ0n) is 40.8. The lowest BCUT2D eigenvalue weighted by atomic mass is 9.91.